The van der Waals surface area contributed by atoms with Crippen LogP contribution in [-0.4, -0.2) is 4.57 Å². The van der Waals surface area contributed by atoms with Crippen molar-refractivity contribution >= 4 is 28.6 Å². The molecule has 0 saturated heterocycles. The van der Waals surface area contributed by atoms with Gasteiger partial charge >= 0.3 is 0 Å². The summed E-state index contributed by atoms with van der Waals surface area (Å²) < 4.78 is 7.68. The van der Waals surface area contributed by atoms with E-state index in [1.807, 2.05) is 66.7 Å². The normalized spacial score (nSPS) is 11.8. The molecule has 2 heterocycles. The first-order valence-electron chi connectivity index (χ1n) is 7.86. The van der Waals surface area contributed by atoms with Crippen LogP contribution in [-0.2, 0) is 6.54 Å². The zero-order chi connectivity index (χ0) is 17.1. The third-order valence-electron chi connectivity index (χ3n) is 3.82. The van der Waals surface area contributed by atoms with Crippen molar-refractivity contribution < 1.29 is 4.42 Å². The second-order valence-electron chi connectivity index (χ2n) is 5.50. The number of rotatable bonds is 4. The fourth-order valence-corrected chi connectivity index (χ4v) is 3.78. The number of benzene rings is 2. The number of hydrogen-bond donors (Lipinski definition) is 0. The van der Waals surface area contributed by atoms with E-state index in [9.17, 15) is 0 Å². The third-order valence-corrected chi connectivity index (χ3v) is 5.02. The number of hydrogen-bond acceptors (Lipinski definition) is 3. The smallest absolute Gasteiger partial charge is 0.190 e. The van der Waals surface area contributed by atoms with Crippen LogP contribution in [0.3, 0.4) is 0 Å². The molecule has 0 amide bonds. The molecule has 124 valence electrons. The number of aromatic nitrogens is 1. The molecular weight excluding hydrogens is 352 g/mol. The number of nitrogens with zero attached hydrogens (tertiary/aromatic N) is 2. The van der Waals surface area contributed by atoms with Gasteiger partial charge in [0.2, 0.25) is 0 Å². The lowest BCUT2D eigenvalue weighted by Crippen LogP contribution is -2.16. The van der Waals surface area contributed by atoms with Crippen molar-refractivity contribution in [1.82, 2.24) is 4.57 Å². The highest BCUT2D eigenvalue weighted by Gasteiger charge is 2.12. The van der Waals surface area contributed by atoms with E-state index in [-0.39, 0.29) is 0 Å². The van der Waals surface area contributed by atoms with Crippen molar-refractivity contribution in [3.63, 3.8) is 0 Å². The highest BCUT2D eigenvalue weighted by molar-refractivity contribution is 7.07. The number of para-hydroxylation sites is 1. The second kappa shape index (κ2) is 7.13. The summed E-state index contributed by atoms with van der Waals surface area (Å²) in [5.41, 5.74) is 2.94. The average molecular weight is 367 g/mol. The van der Waals surface area contributed by atoms with Crippen molar-refractivity contribution in [2.45, 2.75) is 6.54 Å². The van der Waals surface area contributed by atoms with Crippen LogP contribution in [0.1, 0.15) is 5.76 Å². The summed E-state index contributed by atoms with van der Waals surface area (Å²) in [4.78, 5) is 5.69. The summed E-state index contributed by atoms with van der Waals surface area (Å²) in [7, 11) is 0. The van der Waals surface area contributed by atoms with Crippen molar-refractivity contribution in [1.29, 1.82) is 0 Å². The molecule has 0 atom stereocenters. The lowest BCUT2D eigenvalue weighted by Gasteiger charge is -2.09. The largest absolute Gasteiger partial charge is 0.467 e. The monoisotopic (exact) mass is 366 g/mol. The Bertz CT molecular complexity index is 1030. The summed E-state index contributed by atoms with van der Waals surface area (Å²) in [6.45, 7) is 0.600. The Labute approximate surface area is 154 Å². The molecule has 0 fully saturated rings. The number of halogens is 1. The lowest BCUT2D eigenvalue weighted by molar-refractivity contribution is 0.492. The molecule has 0 aliphatic heterocycles. The van der Waals surface area contributed by atoms with Crippen LogP contribution in [0.4, 0.5) is 5.69 Å². The van der Waals surface area contributed by atoms with Crippen LogP contribution < -0.4 is 4.80 Å². The van der Waals surface area contributed by atoms with E-state index in [4.69, 9.17) is 21.0 Å². The third kappa shape index (κ3) is 3.45. The van der Waals surface area contributed by atoms with Gasteiger partial charge in [0.25, 0.3) is 0 Å². The summed E-state index contributed by atoms with van der Waals surface area (Å²) in [5.74, 6) is 0.876. The fourth-order valence-electron chi connectivity index (χ4n) is 2.63. The quantitative estimate of drug-likeness (QED) is 0.452. The average Bonchev–Trinajstić information content (AvgIpc) is 3.28. The SMILES string of the molecule is Clc1ccccc1-c1csc(=Nc2ccccc2)n1Cc1ccco1. The Morgan fingerprint density at radius 1 is 0.960 bits per heavy atom. The zero-order valence-corrected chi connectivity index (χ0v) is 14.9. The van der Waals surface area contributed by atoms with E-state index in [0.717, 1.165) is 32.5 Å². The van der Waals surface area contributed by atoms with E-state index < -0.39 is 0 Å². The van der Waals surface area contributed by atoms with Crippen LogP contribution in [0.15, 0.2) is 87.8 Å². The Balaban J connectivity index is 1.88. The van der Waals surface area contributed by atoms with Crippen LogP contribution >= 0.6 is 22.9 Å². The summed E-state index contributed by atoms with van der Waals surface area (Å²) in [6, 6.07) is 21.6. The molecule has 2 aromatic carbocycles. The standard InChI is InChI=1S/C20H15ClN2OS/c21-18-11-5-4-10-17(18)19-14-25-20(22-15-7-2-1-3-8-15)23(19)13-16-9-6-12-24-16/h1-12,14H,13H2. The van der Waals surface area contributed by atoms with Gasteiger partial charge in [0.1, 0.15) is 5.76 Å². The van der Waals surface area contributed by atoms with E-state index in [1.165, 1.54) is 0 Å². The molecule has 0 saturated carbocycles. The Morgan fingerprint density at radius 2 is 1.76 bits per heavy atom. The lowest BCUT2D eigenvalue weighted by atomic mass is 10.1. The van der Waals surface area contributed by atoms with Gasteiger partial charge in [0.05, 0.1) is 24.2 Å². The predicted molar refractivity (Wildman–Crippen MR) is 102 cm³/mol. The molecule has 0 radical (unpaired) electrons. The fraction of sp³-hybridized carbons (Fsp3) is 0.0500. The molecule has 4 aromatic rings. The molecule has 5 heteroatoms. The maximum absolute atomic E-state index is 6.42. The first-order chi connectivity index (χ1) is 12.3. The van der Waals surface area contributed by atoms with E-state index in [0.29, 0.717) is 6.54 Å². The van der Waals surface area contributed by atoms with Crippen LogP contribution in [0, 0.1) is 0 Å². The minimum absolute atomic E-state index is 0.600. The van der Waals surface area contributed by atoms with Crippen LogP contribution in [0.5, 0.6) is 0 Å². The molecule has 4 rings (SSSR count). The maximum Gasteiger partial charge on any atom is 0.190 e. The highest BCUT2D eigenvalue weighted by Crippen LogP contribution is 2.28. The number of furan rings is 1. The molecule has 0 spiro atoms. The molecule has 2 aromatic heterocycles. The molecule has 25 heavy (non-hydrogen) atoms. The van der Waals surface area contributed by atoms with E-state index >= 15 is 0 Å². The van der Waals surface area contributed by atoms with Gasteiger partial charge < -0.3 is 8.98 Å². The highest BCUT2D eigenvalue weighted by atomic mass is 35.5. The number of thiazole rings is 1. The summed E-state index contributed by atoms with van der Waals surface area (Å²) >= 11 is 8.01. The van der Waals surface area contributed by atoms with Gasteiger partial charge in [-0.1, -0.05) is 48.0 Å². The Morgan fingerprint density at radius 3 is 2.52 bits per heavy atom. The van der Waals surface area contributed by atoms with Gasteiger partial charge in [0, 0.05) is 16.0 Å². The molecule has 0 N–H and O–H groups in total. The van der Waals surface area contributed by atoms with Gasteiger partial charge in [-0.05, 0) is 30.3 Å². The molecule has 3 nitrogen and oxygen atoms in total. The minimum Gasteiger partial charge on any atom is -0.467 e. The van der Waals surface area contributed by atoms with E-state index in [1.54, 1.807) is 17.6 Å². The van der Waals surface area contributed by atoms with Gasteiger partial charge in [-0.15, -0.1) is 11.3 Å². The molecule has 0 unspecified atom stereocenters. The molecule has 0 aliphatic carbocycles. The van der Waals surface area contributed by atoms with Crippen LogP contribution in [0.25, 0.3) is 11.3 Å². The summed E-state index contributed by atoms with van der Waals surface area (Å²) in [6.07, 6.45) is 1.69. The van der Waals surface area contributed by atoms with Crippen molar-refractivity contribution in [2.24, 2.45) is 4.99 Å². The van der Waals surface area contributed by atoms with E-state index in [2.05, 4.69) is 9.95 Å². The molecule has 0 aliphatic rings. The maximum atomic E-state index is 6.42. The van der Waals surface area contributed by atoms with Gasteiger partial charge in [-0.2, -0.15) is 0 Å². The molecule has 0 bridgehead atoms. The molecular formula is C20H15ClN2OS. The predicted octanol–water partition coefficient (Wildman–Crippen LogP) is 5.74. The van der Waals surface area contributed by atoms with Crippen LogP contribution in [0.2, 0.25) is 5.02 Å². The van der Waals surface area contributed by atoms with Gasteiger partial charge in [0.15, 0.2) is 4.80 Å². The zero-order valence-electron chi connectivity index (χ0n) is 13.3. The van der Waals surface area contributed by atoms with Crippen molar-refractivity contribution in [2.75, 3.05) is 0 Å². The topological polar surface area (TPSA) is 30.4 Å². The first-order valence-corrected chi connectivity index (χ1v) is 9.12. The van der Waals surface area contributed by atoms with Gasteiger partial charge in [-0.3, -0.25) is 0 Å². The Hall–Kier alpha value is -2.56. The second-order valence-corrected chi connectivity index (χ2v) is 6.74. The minimum atomic E-state index is 0.600. The first kappa shape index (κ1) is 15.9. The van der Waals surface area contributed by atoms with Crippen molar-refractivity contribution in [3.05, 3.63) is 94.0 Å². The summed E-state index contributed by atoms with van der Waals surface area (Å²) in [5, 5.41) is 2.81. The van der Waals surface area contributed by atoms with Gasteiger partial charge in [-0.25, -0.2) is 4.99 Å². The Kier molecular flexibility index (Phi) is 4.55. The van der Waals surface area contributed by atoms with Crippen molar-refractivity contribution in [3.8, 4) is 11.3 Å².